The van der Waals surface area contributed by atoms with Crippen LogP contribution in [-0.2, 0) is 16.4 Å². The molecule has 2 heterocycles. The third-order valence-corrected chi connectivity index (χ3v) is 8.17. The predicted octanol–water partition coefficient (Wildman–Crippen LogP) is 4.32. The fourth-order valence-electron chi connectivity index (χ4n) is 4.89. The zero-order valence-electron chi connectivity index (χ0n) is 20.7. The number of nitrogens with one attached hydrogen (secondary N) is 1. The molecule has 0 aliphatic heterocycles. The lowest BCUT2D eigenvalue weighted by molar-refractivity contribution is -0.137. The molecule has 1 aliphatic rings. The van der Waals surface area contributed by atoms with Gasteiger partial charge >= 0.3 is 22.1 Å². The molecule has 0 radical (unpaired) electrons. The van der Waals surface area contributed by atoms with Crippen molar-refractivity contribution < 1.29 is 21.6 Å². The lowest BCUT2D eigenvalue weighted by atomic mass is 10.2. The highest BCUT2D eigenvalue weighted by Crippen LogP contribution is 2.32. The van der Waals surface area contributed by atoms with Crippen LogP contribution in [0.25, 0.3) is 22.8 Å². The Morgan fingerprint density at radius 3 is 2.38 bits per heavy atom. The van der Waals surface area contributed by atoms with Gasteiger partial charge in [-0.15, -0.1) is 0 Å². The summed E-state index contributed by atoms with van der Waals surface area (Å²) in [7, 11) is -4.46. The highest BCUT2D eigenvalue weighted by molar-refractivity contribution is 7.88. The summed E-state index contributed by atoms with van der Waals surface area (Å²) in [6.07, 6.45) is -0.349. The molecule has 1 saturated carbocycles. The number of imidazole rings is 1. The molecule has 1 N–H and O–H groups in total. The van der Waals surface area contributed by atoms with Crippen LogP contribution in [0, 0.1) is 18.3 Å². The van der Waals surface area contributed by atoms with Gasteiger partial charge in [0.1, 0.15) is 5.69 Å². The van der Waals surface area contributed by atoms with Gasteiger partial charge < -0.3 is 0 Å². The number of alkyl halides is 3. The molecule has 2 aromatic heterocycles. The van der Waals surface area contributed by atoms with Gasteiger partial charge in [0, 0.05) is 6.04 Å². The Hall–Kier alpha value is -4.15. The van der Waals surface area contributed by atoms with E-state index in [1.54, 1.807) is 24.3 Å². The maximum absolute atomic E-state index is 13.8. The first kappa shape index (κ1) is 26.5. The van der Waals surface area contributed by atoms with E-state index in [1.165, 1.54) is 29.9 Å². The van der Waals surface area contributed by atoms with Crippen LogP contribution in [-0.4, -0.2) is 32.8 Å². The molecular weight excluding hydrogens is 533 g/mol. The Balaban J connectivity index is 1.76. The zero-order valence-corrected chi connectivity index (χ0v) is 21.5. The zero-order chi connectivity index (χ0) is 27.9. The van der Waals surface area contributed by atoms with Crippen LogP contribution in [0.1, 0.15) is 42.5 Å². The predicted molar refractivity (Wildman–Crippen MR) is 137 cm³/mol. The van der Waals surface area contributed by atoms with E-state index in [0.29, 0.717) is 28.1 Å². The Kier molecular flexibility index (Phi) is 6.69. The number of nitriles is 1. The molecule has 0 spiro atoms. The second-order valence-electron chi connectivity index (χ2n) is 9.26. The summed E-state index contributed by atoms with van der Waals surface area (Å²) >= 11 is 0. The van der Waals surface area contributed by atoms with Crippen molar-refractivity contribution in [2.45, 2.75) is 44.8 Å². The van der Waals surface area contributed by atoms with Crippen molar-refractivity contribution in [1.29, 1.82) is 5.26 Å². The van der Waals surface area contributed by atoms with E-state index in [-0.39, 0.29) is 28.8 Å². The third kappa shape index (κ3) is 4.88. The quantitative estimate of drug-likeness (QED) is 0.380. The van der Waals surface area contributed by atoms with E-state index in [1.807, 2.05) is 6.07 Å². The van der Waals surface area contributed by atoms with Crippen molar-refractivity contribution in [2.24, 2.45) is 0 Å². The molecule has 0 unspecified atom stereocenters. The van der Waals surface area contributed by atoms with Gasteiger partial charge in [0.2, 0.25) is 0 Å². The molecule has 2 aromatic carbocycles. The van der Waals surface area contributed by atoms with Crippen LogP contribution in [0.2, 0.25) is 0 Å². The molecule has 13 heteroatoms. The lowest BCUT2D eigenvalue weighted by Crippen LogP contribution is -2.42. The largest absolute Gasteiger partial charge is 0.416 e. The summed E-state index contributed by atoms with van der Waals surface area (Å²) in [6.45, 7) is 1.47. The number of aromatic nitrogens is 4. The minimum Gasteiger partial charge on any atom is -0.264 e. The smallest absolute Gasteiger partial charge is 0.264 e. The number of nitrogens with zero attached hydrogens (tertiary/aromatic N) is 5. The SMILES string of the molecule is Cc1c(-c2ccnn2-c2ccc(C#N)cc2)n(S(=O)(=O)NC2CCCC2)c(=O)n1-c1cccc(C(F)(F)F)c1. The van der Waals surface area contributed by atoms with Crippen LogP contribution < -0.4 is 10.4 Å². The maximum Gasteiger partial charge on any atom is 0.416 e. The minimum absolute atomic E-state index is 0.0511. The highest BCUT2D eigenvalue weighted by Gasteiger charge is 2.34. The Labute approximate surface area is 221 Å². The average molecular weight is 557 g/mol. The monoisotopic (exact) mass is 556 g/mol. The molecule has 0 atom stereocenters. The van der Waals surface area contributed by atoms with Gasteiger partial charge in [0.05, 0.1) is 46.2 Å². The van der Waals surface area contributed by atoms with Crippen molar-refractivity contribution in [3.63, 3.8) is 0 Å². The van der Waals surface area contributed by atoms with Crippen LogP contribution in [0.15, 0.2) is 65.6 Å². The van der Waals surface area contributed by atoms with Crippen LogP contribution in [0.5, 0.6) is 0 Å². The second-order valence-corrected chi connectivity index (χ2v) is 10.8. The fraction of sp³-hybridized carbons (Fsp3) is 0.269. The third-order valence-electron chi connectivity index (χ3n) is 6.72. The first-order valence-electron chi connectivity index (χ1n) is 12.1. The molecular formula is C26H23F3N6O3S. The minimum atomic E-state index is -4.66. The summed E-state index contributed by atoms with van der Waals surface area (Å²) in [6, 6.07) is 13.7. The van der Waals surface area contributed by atoms with E-state index >= 15 is 0 Å². The summed E-state index contributed by atoms with van der Waals surface area (Å²) in [4.78, 5) is 13.8. The van der Waals surface area contributed by atoms with Crippen molar-refractivity contribution in [3.05, 3.63) is 88.1 Å². The lowest BCUT2D eigenvalue weighted by Gasteiger charge is -2.15. The van der Waals surface area contributed by atoms with Gasteiger partial charge in [-0.25, -0.2) is 9.48 Å². The van der Waals surface area contributed by atoms with Crippen molar-refractivity contribution in [2.75, 3.05) is 0 Å². The summed E-state index contributed by atoms with van der Waals surface area (Å²) in [5, 5.41) is 13.4. The maximum atomic E-state index is 13.8. The molecule has 9 nitrogen and oxygen atoms in total. The standard InChI is InChI=1S/C26H23F3N6O3S/c1-17-24(23-13-14-31-34(23)21-11-9-18(16-30)10-12-21)35(39(37,38)32-20-6-2-3-7-20)25(36)33(17)22-8-4-5-19(15-22)26(27,28)29/h4-5,8-15,20,32H,2-3,6-7H2,1H3. The molecule has 0 bridgehead atoms. The normalized spacial score (nSPS) is 14.5. The molecule has 0 saturated heterocycles. The van der Waals surface area contributed by atoms with E-state index < -0.39 is 27.6 Å². The Morgan fingerprint density at radius 1 is 1.05 bits per heavy atom. The number of hydrogen-bond acceptors (Lipinski definition) is 5. The fourth-order valence-corrected chi connectivity index (χ4v) is 6.41. The second kappa shape index (κ2) is 9.87. The van der Waals surface area contributed by atoms with Crippen LogP contribution in [0.3, 0.4) is 0 Å². The Bertz CT molecular complexity index is 1740. The number of rotatable bonds is 6. The van der Waals surface area contributed by atoms with Crippen molar-refractivity contribution >= 4 is 10.2 Å². The highest BCUT2D eigenvalue weighted by atomic mass is 32.2. The van der Waals surface area contributed by atoms with Crippen LogP contribution in [0.4, 0.5) is 13.2 Å². The Morgan fingerprint density at radius 2 is 1.74 bits per heavy atom. The van der Waals surface area contributed by atoms with Gasteiger partial charge in [-0.1, -0.05) is 18.9 Å². The van der Waals surface area contributed by atoms with Gasteiger partial charge in [0.25, 0.3) is 0 Å². The molecule has 202 valence electrons. The van der Waals surface area contributed by atoms with E-state index in [9.17, 15) is 26.4 Å². The summed E-state index contributed by atoms with van der Waals surface area (Å²) < 4.78 is 73.3. The van der Waals surface area contributed by atoms with E-state index in [0.717, 1.165) is 35.6 Å². The van der Waals surface area contributed by atoms with E-state index in [2.05, 4.69) is 9.82 Å². The van der Waals surface area contributed by atoms with Gasteiger partial charge in [0.15, 0.2) is 0 Å². The summed E-state index contributed by atoms with van der Waals surface area (Å²) in [5.74, 6) is 0. The molecule has 4 aromatic rings. The van der Waals surface area contributed by atoms with Crippen molar-refractivity contribution in [1.82, 2.24) is 23.0 Å². The first-order valence-corrected chi connectivity index (χ1v) is 13.5. The molecule has 39 heavy (non-hydrogen) atoms. The van der Waals surface area contributed by atoms with Crippen molar-refractivity contribution in [3.8, 4) is 28.8 Å². The first-order chi connectivity index (χ1) is 18.5. The molecule has 1 fully saturated rings. The van der Waals surface area contributed by atoms with Gasteiger partial charge in [-0.3, -0.25) is 4.57 Å². The van der Waals surface area contributed by atoms with Gasteiger partial charge in [-0.05, 0) is 68.3 Å². The van der Waals surface area contributed by atoms with Crippen LogP contribution >= 0.6 is 0 Å². The number of hydrogen-bond donors (Lipinski definition) is 1. The summed E-state index contributed by atoms with van der Waals surface area (Å²) in [5.41, 5.74) is -0.990. The molecule has 0 amide bonds. The number of benzene rings is 2. The molecule has 1 aliphatic carbocycles. The number of halogens is 3. The molecule has 5 rings (SSSR count). The van der Waals surface area contributed by atoms with E-state index in [4.69, 9.17) is 5.26 Å². The topological polar surface area (TPSA) is 115 Å². The van der Waals surface area contributed by atoms with Gasteiger partial charge in [-0.2, -0.15) is 40.6 Å². The average Bonchev–Trinajstić information content (AvgIpc) is 3.63.